The van der Waals surface area contributed by atoms with Gasteiger partial charge in [-0.1, -0.05) is 13.8 Å². The molecule has 0 amide bonds. The van der Waals surface area contributed by atoms with E-state index in [-0.39, 0.29) is 0 Å². The van der Waals surface area contributed by atoms with Crippen molar-refractivity contribution in [3.8, 4) is 0 Å². The average Bonchev–Trinajstić information content (AvgIpc) is 2.73. The molecule has 7 nitrogen and oxygen atoms in total. The highest BCUT2D eigenvalue weighted by atomic mass is 32.2. The third kappa shape index (κ3) is 5.30. The third-order valence-electron chi connectivity index (χ3n) is 4.28. The summed E-state index contributed by atoms with van der Waals surface area (Å²) < 4.78 is 0. The molecule has 0 unspecified atom stereocenters. The van der Waals surface area contributed by atoms with E-state index in [4.69, 9.17) is 0 Å². The Balaban J connectivity index is 1.76. The van der Waals surface area contributed by atoms with Crippen molar-refractivity contribution in [1.82, 2.24) is 20.3 Å². The van der Waals surface area contributed by atoms with Crippen LogP contribution in [-0.4, -0.2) is 53.1 Å². The number of aliphatic imine (C=N–C) groups is 1. The number of anilines is 3. The maximum Gasteiger partial charge on any atom is 0.228 e. The van der Waals surface area contributed by atoms with Crippen molar-refractivity contribution in [3.05, 3.63) is 42.0 Å². The number of nitrogens with zero attached hydrogens (tertiary/aromatic N) is 5. The Hall–Kier alpha value is -2.45. The Kier molecular flexibility index (Phi) is 7.00. The molecule has 148 valence electrons. The van der Waals surface area contributed by atoms with E-state index in [0.29, 0.717) is 11.2 Å². The maximum atomic E-state index is 4.66. The summed E-state index contributed by atoms with van der Waals surface area (Å²) in [6.45, 7) is 13.9. The minimum Gasteiger partial charge on any atom is -0.368 e. The molecule has 0 spiro atoms. The molecule has 0 aromatic carbocycles. The first kappa shape index (κ1) is 20.3. The zero-order valence-corrected chi connectivity index (χ0v) is 17.5. The van der Waals surface area contributed by atoms with E-state index in [2.05, 4.69) is 62.1 Å². The second-order valence-corrected chi connectivity index (χ2v) is 8.36. The second-order valence-electron chi connectivity index (χ2n) is 6.77. The van der Waals surface area contributed by atoms with Crippen LogP contribution in [0.5, 0.6) is 0 Å². The van der Waals surface area contributed by atoms with Crippen molar-refractivity contribution in [1.29, 1.82) is 0 Å². The monoisotopic (exact) mass is 397 g/mol. The SMILES string of the molecule is C=N/C(C)=C(\SC(C)C)c1ccnc(Nc2ccc(N3CCNCC3)cn2)n1. The Morgan fingerprint density at radius 3 is 2.68 bits per heavy atom. The van der Waals surface area contributed by atoms with Gasteiger partial charge >= 0.3 is 0 Å². The molecule has 3 rings (SSSR count). The number of thioether (sulfide) groups is 1. The molecule has 8 heteroatoms. The van der Waals surface area contributed by atoms with Crippen LogP contribution in [0, 0.1) is 0 Å². The zero-order valence-electron chi connectivity index (χ0n) is 16.6. The molecule has 0 aliphatic carbocycles. The van der Waals surface area contributed by atoms with Crippen LogP contribution in [0.25, 0.3) is 4.91 Å². The Bertz CT molecular complexity index is 827. The molecule has 2 aromatic heterocycles. The van der Waals surface area contributed by atoms with E-state index in [1.807, 2.05) is 25.3 Å². The summed E-state index contributed by atoms with van der Waals surface area (Å²) in [6, 6.07) is 5.94. The fourth-order valence-corrected chi connectivity index (χ4v) is 3.81. The highest BCUT2D eigenvalue weighted by Crippen LogP contribution is 2.33. The van der Waals surface area contributed by atoms with Gasteiger partial charge in [-0.3, -0.25) is 4.99 Å². The van der Waals surface area contributed by atoms with Crippen LogP contribution in [0.4, 0.5) is 17.5 Å². The van der Waals surface area contributed by atoms with Crippen LogP contribution < -0.4 is 15.5 Å². The minimum atomic E-state index is 0.414. The fourth-order valence-electron chi connectivity index (χ4n) is 2.87. The number of rotatable bonds is 7. The summed E-state index contributed by atoms with van der Waals surface area (Å²) >= 11 is 1.72. The zero-order chi connectivity index (χ0) is 19.9. The fraction of sp³-hybridized carbons (Fsp3) is 0.400. The first-order valence-corrected chi connectivity index (χ1v) is 10.3. The Morgan fingerprint density at radius 1 is 1.25 bits per heavy atom. The molecular weight excluding hydrogens is 370 g/mol. The molecule has 0 radical (unpaired) electrons. The van der Waals surface area contributed by atoms with Gasteiger partial charge in [0.2, 0.25) is 5.95 Å². The van der Waals surface area contributed by atoms with E-state index < -0.39 is 0 Å². The van der Waals surface area contributed by atoms with E-state index in [0.717, 1.165) is 54.0 Å². The predicted octanol–water partition coefficient (Wildman–Crippen LogP) is 3.56. The summed E-state index contributed by atoms with van der Waals surface area (Å²) in [5.41, 5.74) is 2.83. The van der Waals surface area contributed by atoms with E-state index in [9.17, 15) is 0 Å². The van der Waals surface area contributed by atoms with Gasteiger partial charge < -0.3 is 15.5 Å². The number of allylic oxidation sites excluding steroid dienone is 1. The van der Waals surface area contributed by atoms with Crippen molar-refractivity contribution in [3.63, 3.8) is 0 Å². The standard InChI is InChI=1S/C20H27N7S/c1-14(2)28-19(15(3)21-4)17-7-8-23-20(25-17)26-18-6-5-16(13-24-18)27-11-9-22-10-12-27/h5-8,13-14,22H,4,9-12H2,1-3H3,(H,23,24,25,26)/b19-15-. The van der Waals surface area contributed by atoms with Crippen molar-refractivity contribution < 1.29 is 0 Å². The molecule has 3 heterocycles. The highest BCUT2D eigenvalue weighted by molar-refractivity contribution is 8.08. The third-order valence-corrected chi connectivity index (χ3v) is 5.49. The number of hydrogen-bond acceptors (Lipinski definition) is 8. The van der Waals surface area contributed by atoms with Crippen LogP contribution in [-0.2, 0) is 0 Å². The molecule has 1 aliphatic heterocycles. The molecule has 0 bridgehead atoms. The Labute approximate surface area is 170 Å². The molecule has 0 atom stereocenters. The average molecular weight is 398 g/mol. The summed E-state index contributed by atoms with van der Waals surface area (Å²) in [6.07, 6.45) is 3.64. The molecule has 1 fully saturated rings. The molecule has 28 heavy (non-hydrogen) atoms. The van der Waals surface area contributed by atoms with Crippen molar-refractivity contribution in [2.75, 3.05) is 36.4 Å². The van der Waals surface area contributed by atoms with Gasteiger partial charge in [-0.15, -0.1) is 11.8 Å². The maximum absolute atomic E-state index is 4.66. The largest absolute Gasteiger partial charge is 0.368 e. The first-order chi connectivity index (χ1) is 13.6. The normalized spacial score (nSPS) is 15.4. The molecular formula is C20H27N7S. The molecule has 1 saturated heterocycles. The van der Waals surface area contributed by atoms with Crippen molar-refractivity contribution in [2.45, 2.75) is 26.0 Å². The van der Waals surface area contributed by atoms with E-state index >= 15 is 0 Å². The van der Waals surface area contributed by atoms with Gasteiger partial charge in [0, 0.05) is 37.6 Å². The number of pyridine rings is 1. The summed E-state index contributed by atoms with van der Waals surface area (Å²) in [4.78, 5) is 20.9. The van der Waals surface area contributed by atoms with Crippen LogP contribution in [0.3, 0.4) is 0 Å². The highest BCUT2D eigenvalue weighted by Gasteiger charge is 2.13. The van der Waals surface area contributed by atoms with E-state index in [1.165, 1.54) is 0 Å². The van der Waals surface area contributed by atoms with Gasteiger partial charge in [0.15, 0.2) is 0 Å². The summed E-state index contributed by atoms with van der Waals surface area (Å²) in [5.74, 6) is 1.23. The quantitative estimate of drug-likeness (QED) is 0.692. The number of nitrogens with one attached hydrogen (secondary N) is 2. The lowest BCUT2D eigenvalue weighted by atomic mass is 10.3. The number of piperazine rings is 1. The predicted molar refractivity (Wildman–Crippen MR) is 120 cm³/mol. The minimum absolute atomic E-state index is 0.414. The second kappa shape index (κ2) is 9.66. The molecule has 1 aliphatic rings. The molecule has 2 N–H and O–H groups in total. The van der Waals surface area contributed by atoms with Crippen LogP contribution in [0.2, 0.25) is 0 Å². The van der Waals surface area contributed by atoms with Crippen LogP contribution >= 0.6 is 11.8 Å². The van der Waals surface area contributed by atoms with Gasteiger partial charge in [-0.05, 0) is 31.8 Å². The smallest absolute Gasteiger partial charge is 0.228 e. The van der Waals surface area contributed by atoms with Crippen molar-refractivity contribution in [2.24, 2.45) is 4.99 Å². The van der Waals surface area contributed by atoms with Gasteiger partial charge in [-0.2, -0.15) is 0 Å². The molecule has 2 aromatic rings. The summed E-state index contributed by atoms with van der Waals surface area (Å²) in [7, 11) is 0. The lowest BCUT2D eigenvalue weighted by Gasteiger charge is -2.29. The topological polar surface area (TPSA) is 78.3 Å². The van der Waals surface area contributed by atoms with Gasteiger partial charge in [0.1, 0.15) is 5.82 Å². The lowest BCUT2D eigenvalue weighted by Crippen LogP contribution is -2.43. The first-order valence-electron chi connectivity index (χ1n) is 9.43. The lowest BCUT2D eigenvalue weighted by molar-refractivity contribution is 0.589. The van der Waals surface area contributed by atoms with Gasteiger partial charge in [-0.25, -0.2) is 15.0 Å². The van der Waals surface area contributed by atoms with Gasteiger partial charge in [0.05, 0.1) is 28.2 Å². The number of aromatic nitrogens is 3. The summed E-state index contributed by atoms with van der Waals surface area (Å²) in [5, 5.41) is 6.97. The van der Waals surface area contributed by atoms with E-state index in [1.54, 1.807) is 18.0 Å². The Morgan fingerprint density at radius 2 is 2.04 bits per heavy atom. The van der Waals surface area contributed by atoms with Gasteiger partial charge in [0.25, 0.3) is 0 Å². The number of hydrogen-bond donors (Lipinski definition) is 2. The van der Waals surface area contributed by atoms with Crippen molar-refractivity contribution >= 4 is 40.8 Å². The van der Waals surface area contributed by atoms with Crippen LogP contribution in [0.1, 0.15) is 26.5 Å². The van der Waals surface area contributed by atoms with Crippen LogP contribution in [0.15, 0.2) is 41.3 Å². The molecule has 0 saturated carbocycles.